The van der Waals surface area contributed by atoms with E-state index in [0.717, 1.165) is 11.3 Å². The van der Waals surface area contributed by atoms with E-state index in [-0.39, 0.29) is 11.9 Å². The normalized spacial score (nSPS) is 13.6. The highest BCUT2D eigenvalue weighted by Gasteiger charge is 2.33. The Balaban J connectivity index is 2.62. The Hall–Kier alpha value is -0.870. The van der Waals surface area contributed by atoms with Crippen molar-refractivity contribution in [2.24, 2.45) is 11.7 Å². The van der Waals surface area contributed by atoms with Crippen molar-refractivity contribution in [3.05, 3.63) is 22.4 Å². The van der Waals surface area contributed by atoms with Gasteiger partial charge in [-0.3, -0.25) is 4.79 Å². The molecule has 1 heterocycles. The molecular formula is C15H26N2OS. The van der Waals surface area contributed by atoms with E-state index in [9.17, 15) is 4.79 Å². The van der Waals surface area contributed by atoms with Crippen LogP contribution < -0.4 is 5.73 Å². The van der Waals surface area contributed by atoms with Crippen LogP contribution in [0.15, 0.2) is 17.5 Å². The molecule has 108 valence electrons. The molecule has 0 aliphatic rings. The van der Waals surface area contributed by atoms with Crippen molar-refractivity contribution in [3.63, 3.8) is 0 Å². The molecule has 4 heteroatoms. The monoisotopic (exact) mass is 282 g/mol. The van der Waals surface area contributed by atoms with Crippen LogP contribution in [0.1, 0.15) is 39.0 Å². The van der Waals surface area contributed by atoms with Gasteiger partial charge in [0, 0.05) is 24.5 Å². The molecular weight excluding hydrogens is 256 g/mol. The fraction of sp³-hybridized carbons (Fsp3) is 0.667. The predicted molar refractivity (Wildman–Crippen MR) is 82.4 cm³/mol. The minimum Gasteiger partial charge on any atom is -0.345 e. The fourth-order valence-electron chi connectivity index (χ4n) is 1.99. The van der Waals surface area contributed by atoms with Gasteiger partial charge in [0.2, 0.25) is 5.91 Å². The lowest BCUT2D eigenvalue weighted by molar-refractivity contribution is -0.134. The third-order valence-corrected chi connectivity index (χ3v) is 4.87. The van der Waals surface area contributed by atoms with Crippen molar-refractivity contribution >= 4 is 17.2 Å². The molecule has 2 N–H and O–H groups in total. The number of nitrogens with zero attached hydrogens (tertiary/aromatic N) is 1. The van der Waals surface area contributed by atoms with Crippen molar-refractivity contribution in [1.82, 2.24) is 4.90 Å². The quantitative estimate of drug-likeness (QED) is 0.872. The second-order valence-corrected chi connectivity index (χ2v) is 6.97. The fourth-order valence-corrected chi connectivity index (χ4v) is 2.84. The van der Waals surface area contributed by atoms with Crippen LogP contribution in [0.5, 0.6) is 0 Å². The average Bonchev–Trinajstić information content (AvgIpc) is 2.88. The van der Waals surface area contributed by atoms with Gasteiger partial charge >= 0.3 is 0 Å². The van der Waals surface area contributed by atoms with Gasteiger partial charge in [0.05, 0.1) is 5.41 Å². The van der Waals surface area contributed by atoms with Crippen molar-refractivity contribution < 1.29 is 4.79 Å². The van der Waals surface area contributed by atoms with Crippen molar-refractivity contribution in [3.8, 4) is 0 Å². The van der Waals surface area contributed by atoms with Crippen LogP contribution in [0.25, 0.3) is 0 Å². The second kappa shape index (κ2) is 6.53. The lowest BCUT2D eigenvalue weighted by Crippen LogP contribution is -2.43. The molecule has 0 bridgehead atoms. The first-order valence-electron chi connectivity index (χ1n) is 6.82. The Labute approximate surface area is 120 Å². The van der Waals surface area contributed by atoms with Crippen LogP contribution in [-0.2, 0) is 10.2 Å². The Morgan fingerprint density at radius 2 is 2.11 bits per heavy atom. The van der Waals surface area contributed by atoms with Gasteiger partial charge in [0.25, 0.3) is 0 Å². The third kappa shape index (κ3) is 4.05. The summed E-state index contributed by atoms with van der Waals surface area (Å²) in [7, 11) is 1.87. The molecule has 0 fully saturated rings. The van der Waals surface area contributed by atoms with Crippen LogP contribution in [0.4, 0.5) is 0 Å². The summed E-state index contributed by atoms with van der Waals surface area (Å²) in [4.78, 5) is 15.5. The number of carbonyl (C=O) groups is 1. The van der Waals surface area contributed by atoms with E-state index in [4.69, 9.17) is 5.73 Å². The first kappa shape index (κ1) is 16.2. The summed E-state index contributed by atoms with van der Waals surface area (Å²) in [6.45, 7) is 8.91. The third-order valence-electron chi connectivity index (χ3n) is 3.67. The first-order valence-corrected chi connectivity index (χ1v) is 7.70. The summed E-state index contributed by atoms with van der Waals surface area (Å²) < 4.78 is 0. The summed E-state index contributed by atoms with van der Waals surface area (Å²) in [6.07, 6.45) is 0.848. The van der Waals surface area contributed by atoms with Gasteiger partial charge in [-0.2, -0.15) is 0 Å². The average molecular weight is 282 g/mol. The van der Waals surface area contributed by atoms with Crippen LogP contribution in [0.2, 0.25) is 0 Å². The number of nitrogens with two attached hydrogens (primary N) is 1. The number of likely N-dealkylation sites (N-methyl/N-ethyl adjacent to an activating group) is 1. The summed E-state index contributed by atoms with van der Waals surface area (Å²) >= 11 is 1.63. The van der Waals surface area contributed by atoms with Gasteiger partial charge in [-0.15, -0.1) is 11.3 Å². The highest BCUT2D eigenvalue weighted by atomic mass is 32.1. The van der Waals surface area contributed by atoms with Crippen LogP contribution in [0.3, 0.4) is 0 Å². The van der Waals surface area contributed by atoms with Crippen LogP contribution in [0, 0.1) is 5.92 Å². The molecule has 3 nitrogen and oxygen atoms in total. The van der Waals surface area contributed by atoms with Gasteiger partial charge in [0.15, 0.2) is 0 Å². The SMILES string of the molecule is CC(C)C(N)CCN(C)C(=O)C(C)(C)c1cccs1. The molecule has 1 rings (SSSR count). The lowest BCUT2D eigenvalue weighted by atomic mass is 9.89. The molecule has 1 amide bonds. The van der Waals surface area contributed by atoms with E-state index in [0.29, 0.717) is 12.5 Å². The molecule has 0 saturated heterocycles. The van der Waals surface area contributed by atoms with Gasteiger partial charge in [0.1, 0.15) is 0 Å². The number of hydrogen-bond donors (Lipinski definition) is 1. The minimum atomic E-state index is -0.454. The maximum atomic E-state index is 12.5. The van der Waals surface area contributed by atoms with E-state index in [1.54, 1.807) is 11.3 Å². The largest absolute Gasteiger partial charge is 0.345 e. The molecule has 0 saturated carbocycles. The zero-order valence-electron chi connectivity index (χ0n) is 12.6. The second-order valence-electron chi connectivity index (χ2n) is 6.03. The molecule has 0 radical (unpaired) electrons. The van der Waals surface area contributed by atoms with E-state index in [2.05, 4.69) is 13.8 Å². The van der Waals surface area contributed by atoms with Gasteiger partial charge in [-0.25, -0.2) is 0 Å². The van der Waals surface area contributed by atoms with Crippen molar-refractivity contribution in [2.45, 2.75) is 45.6 Å². The molecule has 19 heavy (non-hydrogen) atoms. The topological polar surface area (TPSA) is 46.3 Å². The predicted octanol–water partition coefficient (Wildman–Crippen LogP) is 2.86. The van der Waals surface area contributed by atoms with E-state index in [1.807, 2.05) is 43.3 Å². The first-order chi connectivity index (χ1) is 8.76. The minimum absolute atomic E-state index is 0.153. The molecule has 0 aromatic carbocycles. The zero-order valence-corrected chi connectivity index (χ0v) is 13.5. The maximum Gasteiger partial charge on any atom is 0.233 e. The molecule has 1 aromatic rings. The van der Waals surface area contributed by atoms with Gasteiger partial charge in [-0.1, -0.05) is 19.9 Å². The Morgan fingerprint density at radius 3 is 2.58 bits per heavy atom. The standard InChI is InChI=1S/C15H26N2OS/c1-11(2)12(16)8-9-17(5)14(18)15(3,4)13-7-6-10-19-13/h6-7,10-12H,8-9,16H2,1-5H3. The van der Waals surface area contributed by atoms with Crippen LogP contribution in [-0.4, -0.2) is 30.4 Å². The number of rotatable bonds is 6. The van der Waals surface area contributed by atoms with Crippen molar-refractivity contribution in [2.75, 3.05) is 13.6 Å². The number of carbonyl (C=O) groups excluding carboxylic acids is 1. The maximum absolute atomic E-state index is 12.5. The Bertz CT molecular complexity index is 398. The molecule has 0 spiro atoms. The number of hydrogen-bond acceptors (Lipinski definition) is 3. The number of thiophene rings is 1. The Kier molecular flexibility index (Phi) is 5.56. The highest BCUT2D eigenvalue weighted by Crippen LogP contribution is 2.29. The van der Waals surface area contributed by atoms with Crippen molar-refractivity contribution in [1.29, 1.82) is 0 Å². The van der Waals surface area contributed by atoms with E-state index in [1.165, 1.54) is 0 Å². The molecule has 1 aromatic heterocycles. The number of amides is 1. The zero-order chi connectivity index (χ0) is 14.6. The Morgan fingerprint density at radius 1 is 1.47 bits per heavy atom. The lowest BCUT2D eigenvalue weighted by Gasteiger charge is -2.29. The highest BCUT2D eigenvalue weighted by molar-refractivity contribution is 7.10. The van der Waals surface area contributed by atoms with E-state index < -0.39 is 5.41 Å². The summed E-state index contributed by atoms with van der Waals surface area (Å²) in [5.74, 6) is 0.611. The van der Waals surface area contributed by atoms with Crippen LogP contribution >= 0.6 is 11.3 Å². The summed E-state index contributed by atoms with van der Waals surface area (Å²) in [5.41, 5.74) is 5.58. The smallest absolute Gasteiger partial charge is 0.233 e. The molecule has 1 atom stereocenters. The molecule has 0 aliphatic heterocycles. The summed E-state index contributed by atoms with van der Waals surface area (Å²) in [6, 6.07) is 4.17. The molecule has 1 unspecified atom stereocenters. The van der Waals surface area contributed by atoms with E-state index >= 15 is 0 Å². The summed E-state index contributed by atoms with van der Waals surface area (Å²) in [5, 5.41) is 2.01. The molecule has 0 aliphatic carbocycles. The van der Waals surface area contributed by atoms with Gasteiger partial charge in [-0.05, 0) is 37.6 Å². The van der Waals surface area contributed by atoms with Gasteiger partial charge < -0.3 is 10.6 Å².